The van der Waals surface area contributed by atoms with Crippen molar-refractivity contribution < 1.29 is 14.3 Å². The number of benzene rings is 2. The van der Waals surface area contributed by atoms with E-state index in [1.54, 1.807) is 0 Å². The third kappa shape index (κ3) is 4.73. The SMILES string of the molecule is CCOc1cc2c(cc1NC(=O)C(C)C(N)c1ccccc1)OC(C)C2.Cl. The van der Waals surface area contributed by atoms with Gasteiger partial charge in [-0.05, 0) is 25.5 Å². The van der Waals surface area contributed by atoms with Crippen molar-refractivity contribution in [2.24, 2.45) is 11.7 Å². The first-order valence-electron chi connectivity index (χ1n) is 9.07. The van der Waals surface area contributed by atoms with Crippen LogP contribution in [-0.2, 0) is 11.2 Å². The molecule has 3 N–H and O–H groups in total. The number of halogens is 1. The minimum Gasteiger partial charge on any atom is -0.492 e. The van der Waals surface area contributed by atoms with Crippen molar-refractivity contribution in [2.45, 2.75) is 39.3 Å². The average molecular weight is 391 g/mol. The maximum absolute atomic E-state index is 12.8. The predicted octanol–water partition coefficient (Wildman–Crippen LogP) is 4.11. The molecule has 3 rings (SSSR count). The summed E-state index contributed by atoms with van der Waals surface area (Å²) in [5.74, 6) is 0.933. The number of fused-ring (bicyclic) bond motifs is 1. The zero-order valence-corrected chi connectivity index (χ0v) is 16.7. The van der Waals surface area contributed by atoms with E-state index in [0.29, 0.717) is 18.0 Å². The molecule has 1 heterocycles. The van der Waals surface area contributed by atoms with E-state index in [9.17, 15) is 4.79 Å². The molecule has 0 saturated heterocycles. The molecular weight excluding hydrogens is 364 g/mol. The minimum absolute atomic E-state index is 0. The first-order valence-corrected chi connectivity index (χ1v) is 9.07. The monoisotopic (exact) mass is 390 g/mol. The number of amides is 1. The fourth-order valence-electron chi connectivity index (χ4n) is 3.19. The highest BCUT2D eigenvalue weighted by molar-refractivity contribution is 5.94. The van der Waals surface area contributed by atoms with Gasteiger partial charge in [-0.2, -0.15) is 0 Å². The van der Waals surface area contributed by atoms with Gasteiger partial charge in [0.15, 0.2) is 0 Å². The Morgan fingerprint density at radius 2 is 2.04 bits per heavy atom. The van der Waals surface area contributed by atoms with Crippen LogP contribution in [0.2, 0.25) is 0 Å². The molecule has 1 amide bonds. The topological polar surface area (TPSA) is 73.6 Å². The van der Waals surface area contributed by atoms with E-state index >= 15 is 0 Å². The number of carbonyl (C=O) groups is 1. The zero-order chi connectivity index (χ0) is 18.7. The van der Waals surface area contributed by atoms with E-state index in [1.807, 2.05) is 63.2 Å². The first-order chi connectivity index (χ1) is 12.5. The number of nitrogens with one attached hydrogen (secondary N) is 1. The van der Waals surface area contributed by atoms with Gasteiger partial charge in [-0.3, -0.25) is 4.79 Å². The Labute approximate surface area is 166 Å². The van der Waals surface area contributed by atoms with Crippen LogP contribution in [0, 0.1) is 5.92 Å². The second kappa shape index (κ2) is 9.11. The maximum Gasteiger partial charge on any atom is 0.229 e. The molecule has 1 aliphatic heterocycles. The lowest BCUT2D eigenvalue weighted by Crippen LogP contribution is -2.30. The Bertz CT molecular complexity index is 782. The van der Waals surface area contributed by atoms with Crippen molar-refractivity contribution in [3.05, 3.63) is 53.6 Å². The lowest BCUT2D eigenvalue weighted by atomic mass is 9.94. The highest BCUT2D eigenvalue weighted by Crippen LogP contribution is 2.38. The fourth-order valence-corrected chi connectivity index (χ4v) is 3.19. The van der Waals surface area contributed by atoms with Crippen LogP contribution in [0.4, 0.5) is 5.69 Å². The summed E-state index contributed by atoms with van der Waals surface area (Å²) in [5.41, 5.74) is 8.94. The molecule has 0 bridgehead atoms. The van der Waals surface area contributed by atoms with Gasteiger partial charge in [0.1, 0.15) is 17.6 Å². The Kier molecular flexibility index (Phi) is 7.11. The van der Waals surface area contributed by atoms with Gasteiger partial charge in [0.05, 0.1) is 18.2 Å². The second-order valence-corrected chi connectivity index (χ2v) is 6.74. The standard InChI is InChI=1S/C21H26N2O3.ClH/c1-4-25-19-11-16-10-13(2)26-18(16)12-17(19)23-21(24)14(3)20(22)15-8-6-5-7-9-15;/h5-9,11-14,20H,4,10,22H2,1-3H3,(H,23,24);1H. The minimum atomic E-state index is -0.389. The number of hydrogen-bond donors (Lipinski definition) is 2. The molecule has 27 heavy (non-hydrogen) atoms. The van der Waals surface area contributed by atoms with E-state index in [-0.39, 0.29) is 36.4 Å². The molecule has 146 valence electrons. The van der Waals surface area contributed by atoms with Gasteiger partial charge in [-0.1, -0.05) is 37.3 Å². The third-order valence-corrected chi connectivity index (χ3v) is 4.69. The number of nitrogens with two attached hydrogens (primary N) is 1. The first kappa shape index (κ1) is 21.1. The van der Waals surface area contributed by atoms with Crippen molar-refractivity contribution in [2.75, 3.05) is 11.9 Å². The van der Waals surface area contributed by atoms with Gasteiger partial charge in [0.2, 0.25) is 5.91 Å². The van der Waals surface area contributed by atoms with Crippen molar-refractivity contribution in [1.82, 2.24) is 0 Å². The molecule has 0 spiro atoms. The molecule has 5 nitrogen and oxygen atoms in total. The van der Waals surface area contributed by atoms with Crippen LogP contribution >= 0.6 is 12.4 Å². The van der Waals surface area contributed by atoms with Crippen LogP contribution < -0.4 is 20.5 Å². The number of hydrogen-bond acceptors (Lipinski definition) is 4. The summed E-state index contributed by atoms with van der Waals surface area (Å²) in [7, 11) is 0. The van der Waals surface area contributed by atoms with Gasteiger partial charge in [-0.15, -0.1) is 12.4 Å². The quantitative estimate of drug-likeness (QED) is 0.778. The van der Waals surface area contributed by atoms with Gasteiger partial charge in [-0.25, -0.2) is 0 Å². The highest BCUT2D eigenvalue weighted by Gasteiger charge is 2.26. The molecule has 6 heteroatoms. The summed E-state index contributed by atoms with van der Waals surface area (Å²) >= 11 is 0. The van der Waals surface area contributed by atoms with Gasteiger partial charge < -0.3 is 20.5 Å². The predicted molar refractivity (Wildman–Crippen MR) is 110 cm³/mol. The normalized spacial score (nSPS) is 17.1. The lowest BCUT2D eigenvalue weighted by Gasteiger charge is -2.21. The summed E-state index contributed by atoms with van der Waals surface area (Å²) in [6.07, 6.45) is 0.981. The molecule has 0 fully saturated rings. The largest absolute Gasteiger partial charge is 0.492 e. The number of carbonyl (C=O) groups excluding carboxylic acids is 1. The molecular formula is C21H27ClN2O3. The van der Waals surface area contributed by atoms with E-state index in [1.165, 1.54) is 0 Å². The Morgan fingerprint density at radius 1 is 1.33 bits per heavy atom. The molecule has 0 radical (unpaired) electrons. The average Bonchev–Trinajstić information content (AvgIpc) is 3.00. The van der Waals surface area contributed by atoms with E-state index in [0.717, 1.165) is 23.3 Å². The summed E-state index contributed by atoms with van der Waals surface area (Å²) in [5, 5.41) is 2.97. The van der Waals surface area contributed by atoms with E-state index < -0.39 is 0 Å². The molecule has 2 aromatic rings. The highest BCUT2D eigenvalue weighted by atomic mass is 35.5. The third-order valence-electron chi connectivity index (χ3n) is 4.69. The maximum atomic E-state index is 12.8. The van der Waals surface area contributed by atoms with Crippen LogP contribution in [0.5, 0.6) is 11.5 Å². The molecule has 0 saturated carbocycles. The van der Waals surface area contributed by atoms with Crippen molar-refractivity contribution in [1.29, 1.82) is 0 Å². The van der Waals surface area contributed by atoms with Crippen LogP contribution in [0.3, 0.4) is 0 Å². The number of anilines is 1. The second-order valence-electron chi connectivity index (χ2n) is 6.74. The molecule has 0 aromatic heterocycles. The van der Waals surface area contributed by atoms with E-state index in [4.69, 9.17) is 15.2 Å². The summed E-state index contributed by atoms with van der Waals surface area (Å²) < 4.78 is 11.5. The summed E-state index contributed by atoms with van der Waals surface area (Å²) in [6.45, 7) is 6.31. The molecule has 3 unspecified atom stereocenters. The molecule has 2 aromatic carbocycles. The summed E-state index contributed by atoms with van der Waals surface area (Å²) in [6, 6.07) is 13.1. The van der Waals surface area contributed by atoms with Crippen molar-refractivity contribution >= 4 is 24.0 Å². The fraction of sp³-hybridized carbons (Fsp3) is 0.381. The van der Waals surface area contributed by atoms with Gasteiger partial charge >= 0.3 is 0 Å². The van der Waals surface area contributed by atoms with Crippen molar-refractivity contribution in [3.8, 4) is 11.5 Å². The molecule has 0 aliphatic carbocycles. The smallest absolute Gasteiger partial charge is 0.229 e. The van der Waals surface area contributed by atoms with Gasteiger partial charge in [0.25, 0.3) is 0 Å². The number of rotatable bonds is 6. The van der Waals surface area contributed by atoms with Crippen LogP contribution in [0.15, 0.2) is 42.5 Å². The summed E-state index contributed by atoms with van der Waals surface area (Å²) in [4.78, 5) is 12.8. The van der Waals surface area contributed by atoms with E-state index in [2.05, 4.69) is 5.32 Å². The molecule has 1 aliphatic rings. The molecule has 3 atom stereocenters. The van der Waals surface area contributed by atoms with Crippen LogP contribution in [0.1, 0.15) is 37.9 Å². The number of ether oxygens (including phenoxy) is 2. The van der Waals surface area contributed by atoms with Crippen LogP contribution in [0.25, 0.3) is 0 Å². The Morgan fingerprint density at radius 3 is 2.70 bits per heavy atom. The van der Waals surface area contributed by atoms with Crippen LogP contribution in [-0.4, -0.2) is 18.6 Å². The lowest BCUT2D eigenvalue weighted by molar-refractivity contribution is -0.120. The zero-order valence-electron chi connectivity index (χ0n) is 15.9. The Hall–Kier alpha value is -2.24. The Balaban J connectivity index is 0.00000261. The van der Waals surface area contributed by atoms with Crippen molar-refractivity contribution in [3.63, 3.8) is 0 Å². The van der Waals surface area contributed by atoms with Gasteiger partial charge in [0, 0.05) is 24.1 Å².